The molecular weight excluding hydrogens is 250 g/mol. The second-order valence-electron chi connectivity index (χ2n) is 4.70. The van der Waals surface area contributed by atoms with E-state index in [0.717, 1.165) is 11.1 Å². The molecule has 0 bridgehead atoms. The molecule has 1 unspecified atom stereocenters. The minimum atomic E-state index is -0.195. The number of hydrogen-bond acceptors (Lipinski definition) is 3. The van der Waals surface area contributed by atoms with Crippen LogP contribution in [0.2, 0.25) is 0 Å². The molecule has 0 aliphatic carbocycles. The fraction of sp³-hybridized carbons (Fsp3) is 0.250. The number of aromatic nitrogens is 1. The molecule has 0 saturated carbocycles. The van der Waals surface area contributed by atoms with Gasteiger partial charge in [-0.2, -0.15) is 0 Å². The smallest absolute Gasteiger partial charge is 0.224 e. The number of hydrogen-bond donors (Lipinski definition) is 2. The summed E-state index contributed by atoms with van der Waals surface area (Å²) in [4.78, 5) is 16.1. The van der Waals surface area contributed by atoms with E-state index in [1.165, 1.54) is 0 Å². The number of rotatable bonds is 6. The van der Waals surface area contributed by atoms with E-state index in [1.54, 1.807) is 12.4 Å². The second-order valence-corrected chi connectivity index (χ2v) is 4.70. The molecule has 4 heteroatoms. The maximum absolute atomic E-state index is 12.1. The van der Waals surface area contributed by atoms with Crippen LogP contribution >= 0.6 is 0 Å². The van der Waals surface area contributed by atoms with Crippen LogP contribution in [0.5, 0.6) is 0 Å². The van der Waals surface area contributed by atoms with Gasteiger partial charge in [-0.25, -0.2) is 0 Å². The summed E-state index contributed by atoms with van der Waals surface area (Å²) in [6.07, 6.45) is 4.09. The minimum Gasteiger partial charge on any atom is -0.352 e. The predicted octanol–water partition coefficient (Wildman–Crippen LogP) is 1.52. The quantitative estimate of drug-likeness (QED) is 0.835. The fourth-order valence-corrected chi connectivity index (χ4v) is 2.02. The third kappa shape index (κ3) is 4.17. The molecule has 0 aliphatic rings. The Morgan fingerprint density at radius 2 is 1.80 bits per heavy atom. The zero-order valence-electron chi connectivity index (χ0n) is 11.3. The molecule has 4 nitrogen and oxygen atoms in total. The molecule has 20 heavy (non-hydrogen) atoms. The monoisotopic (exact) mass is 269 g/mol. The highest BCUT2D eigenvalue weighted by molar-refractivity contribution is 5.79. The van der Waals surface area contributed by atoms with Gasteiger partial charge in [0.1, 0.15) is 0 Å². The van der Waals surface area contributed by atoms with Gasteiger partial charge in [-0.3, -0.25) is 9.78 Å². The minimum absolute atomic E-state index is 0.00633. The molecule has 2 rings (SSSR count). The summed E-state index contributed by atoms with van der Waals surface area (Å²) in [6.45, 7) is 0.851. The average molecular weight is 269 g/mol. The van der Waals surface area contributed by atoms with Crippen molar-refractivity contribution < 1.29 is 4.79 Å². The number of benzene rings is 1. The molecule has 0 spiro atoms. The first kappa shape index (κ1) is 14.2. The normalized spacial score (nSPS) is 11.8. The standard InChI is InChI=1S/C16H19N3O/c17-11-15(10-13-4-2-1-3-5-13)16(20)19-12-14-6-8-18-9-7-14/h1-9,15H,10-12,17H2,(H,19,20). The summed E-state index contributed by atoms with van der Waals surface area (Å²) >= 11 is 0. The van der Waals surface area contributed by atoms with E-state index in [4.69, 9.17) is 5.73 Å². The predicted molar refractivity (Wildman–Crippen MR) is 78.8 cm³/mol. The van der Waals surface area contributed by atoms with Crippen LogP contribution in [0, 0.1) is 5.92 Å². The zero-order valence-corrected chi connectivity index (χ0v) is 11.3. The Balaban J connectivity index is 1.89. The van der Waals surface area contributed by atoms with Crippen LogP contribution in [0.4, 0.5) is 0 Å². The van der Waals surface area contributed by atoms with Crippen molar-refractivity contribution in [2.45, 2.75) is 13.0 Å². The molecule has 1 aromatic heterocycles. The molecule has 3 N–H and O–H groups in total. The van der Waals surface area contributed by atoms with Crippen molar-refractivity contribution in [1.29, 1.82) is 0 Å². The van der Waals surface area contributed by atoms with Crippen LogP contribution in [0.3, 0.4) is 0 Å². The van der Waals surface area contributed by atoms with Gasteiger partial charge < -0.3 is 11.1 Å². The van der Waals surface area contributed by atoms with E-state index >= 15 is 0 Å². The number of nitrogens with one attached hydrogen (secondary N) is 1. The molecule has 0 radical (unpaired) electrons. The van der Waals surface area contributed by atoms with Crippen molar-refractivity contribution in [2.24, 2.45) is 11.7 Å². The van der Waals surface area contributed by atoms with Gasteiger partial charge in [0.15, 0.2) is 0 Å². The average Bonchev–Trinajstić information content (AvgIpc) is 2.52. The van der Waals surface area contributed by atoms with Gasteiger partial charge in [0.25, 0.3) is 0 Å². The van der Waals surface area contributed by atoms with Crippen LogP contribution in [-0.2, 0) is 17.8 Å². The summed E-state index contributed by atoms with van der Waals surface area (Å²) in [7, 11) is 0. The lowest BCUT2D eigenvalue weighted by atomic mass is 9.98. The number of carbonyl (C=O) groups excluding carboxylic acids is 1. The Labute approximate surface area is 119 Å². The van der Waals surface area contributed by atoms with Crippen LogP contribution in [-0.4, -0.2) is 17.4 Å². The van der Waals surface area contributed by atoms with E-state index in [1.807, 2.05) is 42.5 Å². The van der Waals surface area contributed by atoms with E-state index in [2.05, 4.69) is 10.3 Å². The first-order chi connectivity index (χ1) is 9.79. The Morgan fingerprint density at radius 1 is 1.10 bits per heavy atom. The second kappa shape index (κ2) is 7.40. The molecular formula is C16H19N3O. The van der Waals surface area contributed by atoms with Crippen LogP contribution in [0.1, 0.15) is 11.1 Å². The van der Waals surface area contributed by atoms with E-state index in [-0.39, 0.29) is 11.8 Å². The number of amides is 1. The van der Waals surface area contributed by atoms with Crippen molar-refractivity contribution in [3.8, 4) is 0 Å². The van der Waals surface area contributed by atoms with Gasteiger partial charge in [0.05, 0.1) is 5.92 Å². The molecule has 0 aliphatic heterocycles. The van der Waals surface area contributed by atoms with Gasteiger partial charge >= 0.3 is 0 Å². The van der Waals surface area contributed by atoms with E-state index < -0.39 is 0 Å². The van der Waals surface area contributed by atoms with E-state index in [9.17, 15) is 4.79 Å². The molecule has 2 aromatic rings. The highest BCUT2D eigenvalue weighted by atomic mass is 16.1. The molecule has 0 saturated heterocycles. The molecule has 104 valence electrons. The van der Waals surface area contributed by atoms with Crippen molar-refractivity contribution in [1.82, 2.24) is 10.3 Å². The Kier molecular flexibility index (Phi) is 5.26. The van der Waals surface area contributed by atoms with Crippen LogP contribution in [0.15, 0.2) is 54.9 Å². The lowest BCUT2D eigenvalue weighted by Gasteiger charge is -2.15. The largest absolute Gasteiger partial charge is 0.352 e. The van der Waals surface area contributed by atoms with Crippen LogP contribution in [0.25, 0.3) is 0 Å². The molecule has 1 atom stereocenters. The first-order valence-corrected chi connectivity index (χ1v) is 6.70. The first-order valence-electron chi connectivity index (χ1n) is 6.70. The number of nitrogens with two attached hydrogens (primary N) is 1. The van der Waals surface area contributed by atoms with Crippen molar-refractivity contribution in [2.75, 3.05) is 6.54 Å². The van der Waals surface area contributed by atoms with Gasteiger partial charge in [0.2, 0.25) is 5.91 Å². The van der Waals surface area contributed by atoms with Gasteiger partial charge in [-0.15, -0.1) is 0 Å². The summed E-state index contributed by atoms with van der Waals surface area (Å²) in [5.41, 5.74) is 7.88. The number of pyridine rings is 1. The Bertz CT molecular complexity index is 528. The summed E-state index contributed by atoms with van der Waals surface area (Å²) in [5.74, 6) is -0.201. The highest BCUT2D eigenvalue weighted by Crippen LogP contribution is 2.08. The summed E-state index contributed by atoms with van der Waals surface area (Å²) < 4.78 is 0. The topological polar surface area (TPSA) is 68.0 Å². The summed E-state index contributed by atoms with van der Waals surface area (Å²) in [6, 6.07) is 13.7. The third-order valence-electron chi connectivity index (χ3n) is 3.20. The number of carbonyl (C=O) groups is 1. The maximum atomic E-state index is 12.1. The van der Waals surface area contributed by atoms with Gasteiger partial charge in [0, 0.05) is 25.5 Å². The lowest BCUT2D eigenvalue weighted by Crippen LogP contribution is -2.35. The summed E-state index contributed by atoms with van der Waals surface area (Å²) in [5, 5.41) is 2.92. The Hall–Kier alpha value is -2.20. The lowest BCUT2D eigenvalue weighted by molar-refractivity contribution is -0.124. The maximum Gasteiger partial charge on any atom is 0.224 e. The molecule has 1 heterocycles. The fourth-order valence-electron chi connectivity index (χ4n) is 2.02. The van der Waals surface area contributed by atoms with Crippen LogP contribution < -0.4 is 11.1 Å². The van der Waals surface area contributed by atoms with Crippen molar-refractivity contribution in [3.05, 3.63) is 66.0 Å². The Morgan fingerprint density at radius 3 is 2.45 bits per heavy atom. The molecule has 1 aromatic carbocycles. The SMILES string of the molecule is NCC(Cc1ccccc1)C(=O)NCc1ccncc1. The third-order valence-corrected chi connectivity index (χ3v) is 3.20. The van der Waals surface area contributed by atoms with Crippen molar-refractivity contribution in [3.63, 3.8) is 0 Å². The number of nitrogens with zero attached hydrogens (tertiary/aromatic N) is 1. The molecule has 1 amide bonds. The highest BCUT2D eigenvalue weighted by Gasteiger charge is 2.16. The van der Waals surface area contributed by atoms with Gasteiger partial charge in [-0.1, -0.05) is 30.3 Å². The van der Waals surface area contributed by atoms with E-state index in [0.29, 0.717) is 19.5 Å². The van der Waals surface area contributed by atoms with Gasteiger partial charge in [-0.05, 0) is 29.7 Å². The molecule has 0 fully saturated rings. The van der Waals surface area contributed by atoms with Crippen molar-refractivity contribution >= 4 is 5.91 Å². The zero-order chi connectivity index (χ0) is 14.2.